The molecular formula is C18H28N2O5. The summed E-state index contributed by atoms with van der Waals surface area (Å²) in [5.74, 6) is 0.0199. The van der Waals surface area contributed by atoms with Gasteiger partial charge in [-0.1, -0.05) is 13.3 Å². The van der Waals surface area contributed by atoms with Crippen LogP contribution in [-0.2, 0) is 9.59 Å². The molecule has 0 aliphatic carbocycles. The molecule has 1 aromatic rings. The molecule has 25 heavy (non-hydrogen) atoms. The van der Waals surface area contributed by atoms with Gasteiger partial charge in [0.25, 0.3) is 0 Å². The average molecular weight is 352 g/mol. The molecule has 0 aliphatic heterocycles. The van der Waals surface area contributed by atoms with Gasteiger partial charge in [-0.2, -0.15) is 0 Å². The molecule has 0 aliphatic rings. The van der Waals surface area contributed by atoms with Crippen molar-refractivity contribution < 1.29 is 24.2 Å². The highest BCUT2D eigenvalue weighted by atomic mass is 16.5. The first-order chi connectivity index (χ1) is 11.8. The minimum atomic E-state index is -0.946. The van der Waals surface area contributed by atoms with Gasteiger partial charge in [0.1, 0.15) is 6.04 Å². The largest absolute Gasteiger partial charge is 0.493 e. The third kappa shape index (κ3) is 5.94. The molecule has 1 amide bonds. The van der Waals surface area contributed by atoms with E-state index in [1.807, 2.05) is 32.9 Å². The number of rotatable bonds is 10. The van der Waals surface area contributed by atoms with E-state index in [0.29, 0.717) is 17.9 Å². The highest BCUT2D eigenvalue weighted by Crippen LogP contribution is 2.32. The molecule has 0 aromatic heterocycles. The molecule has 7 heteroatoms. The average Bonchev–Trinajstić information content (AvgIpc) is 2.57. The van der Waals surface area contributed by atoms with E-state index in [2.05, 4.69) is 10.6 Å². The number of carboxylic acids is 1. The molecule has 7 nitrogen and oxygen atoms in total. The molecule has 3 N–H and O–H groups in total. The van der Waals surface area contributed by atoms with Crippen molar-refractivity contribution in [2.45, 2.75) is 45.7 Å². The Morgan fingerprint density at radius 3 is 2.32 bits per heavy atom. The Hall–Kier alpha value is -2.28. The van der Waals surface area contributed by atoms with Crippen LogP contribution in [-0.4, -0.2) is 43.8 Å². The van der Waals surface area contributed by atoms with Gasteiger partial charge in [0.15, 0.2) is 11.5 Å². The minimum absolute atomic E-state index is 0.0480. The van der Waals surface area contributed by atoms with E-state index in [-0.39, 0.29) is 18.5 Å². The molecule has 0 heterocycles. The Balaban J connectivity index is 2.73. The fourth-order valence-corrected chi connectivity index (χ4v) is 2.65. The molecule has 0 saturated heterocycles. The number of ether oxygens (including phenoxy) is 2. The van der Waals surface area contributed by atoms with Crippen molar-refractivity contribution in [3.8, 4) is 11.5 Å². The number of hydrogen-bond acceptors (Lipinski definition) is 5. The number of amides is 1. The van der Waals surface area contributed by atoms with Gasteiger partial charge in [-0.3, -0.25) is 14.9 Å². The molecule has 0 spiro atoms. The van der Waals surface area contributed by atoms with E-state index in [1.165, 1.54) is 0 Å². The van der Waals surface area contributed by atoms with Crippen molar-refractivity contribution in [2.75, 3.05) is 20.8 Å². The predicted octanol–water partition coefficient (Wildman–Crippen LogP) is 2.03. The van der Waals surface area contributed by atoms with Crippen LogP contribution >= 0.6 is 0 Å². The maximum atomic E-state index is 12.1. The molecule has 0 radical (unpaired) electrons. The maximum absolute atomic E-state index is 12.1. The van der Waals surface area contributed by atoms with Crippen LogP contribution in [0.4, 0.5) is 0 Å². The maximum Gasteiger partial charge on any atom is 0.320 e. The second-order valence-corrected chi connectivity index (χ2v) is 5.91. The van der Waals surface area contributed by atoms with Gasteiger partial charge < -0.3 is 19.9 Å². The molecule has 2 atom stereocenters. The molecular weight excluding hydrogens is 324 g/mol. The fourth-order valence-electron chi connectivity index (χ4n) is 2.65. The van der Waals surface area contributed by atoms with E-state index in [9.17, 15) is 9.59 Å². The zero-order chi connectivity index (χ0) is 19.0. The molecule has 0 bridgehead atoms. The highest BCUT2D eigenvalue weighted by molar-refractivity contribution is 5.80. The molecule has 140 valence electrons. The third-order valence-electron chi connectivity index (χ3n) is 4.00. The van der Waals surface area contributed by atoms with Gasteiger partial charge in [-0.15, -0.1) is 0 Å². The van der Waals surface area contributed by atoms with Gasteiger partial charge in [0, 0.05) is 0 Å². The summed E-state index contributed by atoms with van der Waals surface area (Å²) < 4.78 is 10.6. The standard InChI is InChI=1S/C18H28N2O5/c1-6-7-14(18(22)23)19-10-17(21)20-12(3)13-9-16(25-5)15(24-4)8-11(13)2/h8-9,12,14,19H,6-7,10H2,1-5H3,(H,20,21)(H,22,23). The minimum Gasteiger partial charge on any atom is -0.493 e. The van der Waals surface area contributed by atoms with E-state index < -0.39 is 12.0 Å². The number of methoxy groups -OCH3 is 2. The fraction of sp³-hybridized carbons (Fsp3) is 0.556. The lowest BCUT2D eigenvalue weighted by molar-refractivity contribution is -0.139. The van der Waals surface area contributed by atoms with Crippen molar-refractivity contribution in [3.63, 3.8) is 0 Å². The molecule has 0 saturated carbocycles. The van der Waals surface area contributed by atoms with E-state index in [1.54, 1.807) is 14.2 Å². The molecule has 0 fully saturated rings. The highest BCUT2D eigenvalue weighted by Gasteiger charge is 2.19. The van der Waals surface area contributed by atoms with Crippen LogP contribution in [0.25, 0.3) is 0 Å². The van der Waals surface area contributed by atoms with Crippen molar-refractivity contribution in [3.05, 3.63) is 23.3 Å². The first kappa shape index (κ1) is 20.8. The Bertz CT molecular complexity index is 603. The summed E-state index contributed by atoms with van der Waals surface area (Å²) in [6.07, 6.45) is 1.21. The number of benzene rings is 1. The van der Waals surface area contributed by atoms with Crippen LogP contribution in [0, 0.1) is 6.92 Å². The third-order valence-corrected chi connectivity index (χ3v) is 4.00. The second-order valence-electron chi connectivity index (χ2n) is 5.91. The zero-order valence-corrected chi connectivity index (χ0v) is 15.5. The van der Waals surface area contributed by atoms with E-state index in [0.717, 1.165) is 17.5 Å². The molecule has 1 rings (SSSR count). The SMILES string of the molecule is CCCC(NCC(=O)NC(C)c1cc(OC)c(OC)cc1C)C(=O)O. The topological polar surface area (TPSA) is 96.9 Å². The summed E-state index contributed by atoms with van der Waals surface area (Å²) in [4.78, 5) is 23.2. The van der Waals surface area contributed by atoms with Gasteiger partial charge in [-0.25, -0.2) is 0 Å². The first-order valence-electron chi connectivity index (χ1n) is 8.32. The summed E-state index contributed by atoms with van der Waals surface area (Å²) in [7, 11) is 3.13. The Kier molecular flexibility index (Phi) is 8.21. The lowest BCUT2D eigenvalue weighted by Gasteiger charge is -2.20. The lowest BCUT2D eigenvalue weighted by atomic mass is 10.0. The number of carbonyl (C=O) groups is 2. The number of aryl methyl sites for hydroxylation is 1. The number of nitrogens with one attached hydrogen (secondary N) is 2. The quantitative estimate of drug-likeness (QED) is 0.596. The van der Waals surface area contributed by atoms with Crippen molar-refractivity contribution in [1.82, 2.24) is 10.6 Å². The van der Waals surface area contributed by atoms with Gasteiger partial charge >= 0.3 is 5.97 Å². The number of hydrogen-bond donors (Lipinski definition) is 3. The van der Waals surface area contributed by atoms with Crippen LogP contribution in [0.3, 0.4) is 0 Å². The van der Waals surface area contributed by atoms with Gasteiger partial charge in [0.2, 0.25) is 5.91 Å². The normalized spacial score (nSPS) is 13.0. The monoisotopic (exact) mass is 352 g/mol. The van der Waals surface area contributed by atoms with Crippen molar-refractivity contribution in [2.24, 2.45) is 0 Å². The Morgan fingerprint density at radius 2 is 1.80 bits per heavy atom. The van der Waals surface area contributed by atoms with Crippen molar-refractivity contribution in [1.29, 1.82) is 0 Å². The lowest BCUT2D eigenvalue weighted by Crippen LogP contribution is -2.43. The van der Waals surface area contributed by atoms with Crippen LogP contribution < -0.4 is 20.1 Å². The van der Waals surface area contributed by atoms with Crippen LogP contribution in [0.2, 0.25) is 0 Å². The Morgan fingerprint density at radius 1 is 1.20 bits per heavy atom. The summed E-state index contributed by atoms with van der Waals surface area (Å²) >= 11 is 0. The summed E-state index contributed by atoms with van der Waals surface area (Å²) in [5, 5.41) is 14.7. The van der Waals surface area contributed by atoms with Crippen molar-refractivity contribution >= 4 is 11.9 Å². The summed E-state index contributed by atoms with van der Waals surface area (Å²) in [6.45, 7) is 5.65. The van der Waals surface area contributed by atoms with E-state index >= 15 is 0 Å². The molecule has 1 aromatic carbocycles. The smallest absolute Gasteiger partial charge is 0.320 e. The number of aliphatic carboxylic acids is 1. The predicted molar refractivity (Wildman–Crippen MR) is 95.2 cm³/mol. The summed E-state index contributed by atoms with van der Waals surface area (Å²) in [5.41, 5.74) is 1.88. The first-order valence-corrected chi connectivity index (χ1v) is 8.32. The van der Waals surface area contributed by atoms with Crippen LogP contribution in [0.5, 0.6) is 11.5 Å². The van der Waals surface area contributed by atoms with Gasteiger partial charge in [-0.05, 0) is 43.5 Å². The summed E-state index contributed by atoms with van der Waals surface area (Å²) in [6, 6.07) is 2.73. The zero-order valence-electron chi connectivity index (χ0n) is 15.5. The van der Waals surface area contributed by atoms with Crippen LogP contribution in [0.15, 0.2) is 12.1 Å². The van der Waals surface area contributed by atoms with Gasteiger partial charge in [0.05, 0.1) is 26.8 Å². The second kappa shape index (κ2) is 9.88. The molecule has 2 unspecified atom stereocenters. The van der Waals surface area contributed by atoms with E-state index in [4.69, 9.17) is 14.6 Å². The number of carboxylic acid groups (broad SMARTS) is 1. The Labute approximate surface area is 148 Å². The number of carbonyl (C=O) groups excluding carboxylic acids is 1. The van der Waals surface area contributed by atoms with Crippen LogP contribution in [0.1, 0.15) is 43.9 Å².